The standard InChI is InChI=1S/C16H21BrN2O2/c1-4-12(2)19-8-7-14(18-19)11-21-16-9-15(20-3)6-5-13(16)10-17/h5-9,12H,4,10-11H2,1-3H3. The van der Waals surface area contributed by atoms with Gasteiger partial charge in [0.05, 0.1) is 12.8 Å². The summed E-state index contributed by atoms with van der Waals surface area (Å²) in [6.07, 6.45) is 3.06. The van der Waals surface area contributed by atoms with E-state index in [-0.39, 0.29) is 0 Å². The van der Waals surface area contributed by atoms with Crippen molar-refractivity contribution in [2.75, 3.05) is 7.11 Å². The number of halogens is 1. The second-order valence-corrected chi connectivity index (χ2v) is 5.50. The first kappa shape index (κ1) is 15.9. The van der Waals surface area contributed by atoms with E-state index >= 15 is 0 Å². The van der Waals surface area contributed by atoms with E-state index in [2.05, 4.69) is 34.9 Å². The summed E-state index contributed by atoms with van der Waals surface area (Å²) in [6, 6.07) is 8.25. The van der Waals surface area contributed by atoms with Gasteiger partial charge in [0.2, 0.25) is 0 Å². The molecule has 0 aliphatic heterocycles. The van der Waals surface area contributed by atoms with Gasteiger partial charge in [0, 0.05) is 29.2 Å². The van der Waals surface area contributed by atoms with E-state index in [4.69, 9.17) is 9.47 Å². The topological polar surface area (TPSA) is 36.3 Å². The molecule has 114 valence electrons. The molecule has 0 spiro atoms. The molecule has 1 unspecified atom stereocenters. The first-order chi connectivity index (χ1) is 10.2. The predicted molar refractivity (Wildman–Crippen MR) is 87.2 cm³/mol. The van der Waals surface area contributed by atoms with Crippen molar-refractivity contribution in [3.63, 3.8) is 0 Å². The molecule has 0 bridgehead atoms. The monoisotopic (exact) mass is 352 g/mol. The molecular weight excluding hydrogens is 332 g/mol. The SMILES string of the molecule is CCC(C)n1ccc(COc2cc(OC)ccc2CBr)n1. The Labute approximate surface area is 134 Å². The van der Waals surface area contributed by atoms with Crippen LogP contribution in [0.1, 0.15) is 37.6 Å². The summed E-state index contributed by atoms with van der Waals surface area (Å²) in [4.78, 5) is 0. The summed E-state index contributed by atoms with van der Waals surface area (Å²) < 4.78 is 13.1. The molecule has 21 heavy (non-hydrogen) atoms. The molecular formula is C16H21BrN2O2. The van der Waals surface area contributed by atoms with Crippen molar-refractivity contribution in [1.29, 1.82) is 0 Å². The molecule has 0 N–H and O–H groups in total. The zero-order chi connectivity index (χ0) is 15.2. The van der Waals surface area contributed by atoms with Crippen LogP contribution in [0.2, 0.25) is 0 Å². The van der Waals surface area contributed by atoms with Crippen LogP contribution in [-0.2, 0) is 11.9 Å². The van der Waals surface area contributed by atoms with Crippen LogP contribution in [0.15, 0.2) is 30.5 Å². The molecule has 1 atom stereocenters. The van der Waals surface area contributed by atoms with E-state index < -0.39 is 0 Å². The van der Waals surface area contributed by atoms with Gasteiger partial charge in [-0.3, -0.25) is 4.68 Å². The molecule has 2 rings (SSSR count). The lowest BCUT2D eigenvalue weighted by Gasteiger charge is -2.11. The molecule has 0 fully saturated rings. The van der Waals surface area contributed by atoms with Crippen LogP contribution in [-0.4, -0.2) is 16.9 Å². The van der Waals surface area contributed by atoms with Crippen LogP contribution in [0.4, 0.5) is 0 Å². The largest absolute Gasteiger partial charge is 0.497 e. The van der Waals surface area contributed by atoms with Crippen molar-refractivity contribution >= 4 is 15.9 Å². The number of methoxy groups -OCH3 is 1. The number of rotatable bonds is 7. The maximum absolute atomic E-state index is 5.90. The molecule has 2 aromatic rings. The van der Waals surface area contributed by atoms with Crippen LogP contribution in [0.5, 0.6) is 11.5 Å². The third kappa shape index (κ3) is 4.00. The number of nitrogens with zero attached hydrogens (tertiary/aromatic N) is 2. The van der Waals surface area contributed by atoms with Gasteiger partial charge in [-0.15, -0.1) is 0 Å². The summed E-state index contributed by atoms with van der Waals surface area (Å²) in [5.41, 5.74) is 2.02. The number of hydrogen-bond acceptors (Lipinski definition) is 3. The second-order valence-electron chi connectivity index (χ2n) is 4.94. The van der Waals surface area contributed by atoms with Gasteiger partial charge >= 0.3 is 0 Å². The molecule has 1 heterocycles. The van der Waals surface area contributed by atoms with E-state index in [1.807, 2.05) is 35.1 Å². The van der Waals surface area contributed by atoms with Gasteiger partial charge in [-0.1, -0.05) is 28.9 Å². The Bertz CT molecular complexity index is 583. The summed E-state index contributed by atoms with van der Waals surface area (Å²) in [5, 5.41) is 5.29. The average molecular weight is 353 g/mol. The fourth-order valence-electron chi connectivity index (χ4n) is 1.95. The quantitative estimate of drug-likeness (QED) is 0.695. The highest BCUT2D eigenvalue weighted by atomic mass is 79.9. The van der Waals surface area contributed by atoms with E-state index in [0.717, 1.165) is 34.5 Å². The smallest absolute Gasteiger partial charge is 0.132 e. The lowest BCUT2D eigenvalue weighted by atomic mass is 10.2. The zero-order valence-electron chi connectivity index (χ0n) is 12.7. The molecule has 4 nitrogen and oxygen atoms in total. The second kappa shape index (κ2) is 7.50. The fourth-order valence-corrected chi connectivity index (χ4v) is 2.41. The van der Waals surface area contributed by atoms with E-state index in [1.54, 1.807) is 7.11 Å². The van der Waals surface area contributed by atoms with Gasteiger partial charge in [-0.05, 0) is 25.5 Å². The summed E-state index contributed by atoms with van der Waals surface area (Å²) in [6.45, 7) is 4.76. The van der Waals surface area contributed by atoms with Crippen molar-refractivity contribution in [3.8, 4) is 11.5 Å². The van der Waals surface area contributed by atoms with Gasteiger partial charge < -0.3 is 9.47 Å². The highest BCUT2D eigenvalue weighted by Gasteiger charge is 2.08. The predicted octanol–water partition coefficient (Wildman–Crippen LogP) is 4.34. The molecule has 0 amide bonds. The number of ether oxygens (including phenoxy) is 2. The minimum absolute atomic E-state index is 0.411. The third-order valence-corrected chi connectivity index (χ3v) is 4.10. The van der Waals surface area contributed by atoms with Crippen molar-refractivity contribution in [3.05, 3.63) is 41.7 Å². The molecule has 1 aromatic carbocycles. The first-order valence-corrected chi connectivity index (χ1v) is 8.19. The van der Waals surface area contributed by atoms with Gasteiger partial charge in [0.25, 0.3) is 0 Å². The lowest BCUT2D eigenvalue weighted by molar-refractivity contribution is 0.293. The normalized spacial score (nSPS) is 12.2. The minimum atomic E-state index is 0.411. The number of aromatic nitrogens is 2. The molecule has 0 radical (unpaired) electrons. The van der Waals surface area contributed by atoms with Crippen LogP contribution in [0, 0.1) is 0 Å². The van der Waals surface area contributed by atoms with Gasteiger partial charge in [0.15, 0.2) is 0 Å². The molecule has 0 aliphatic rings. The number of hydrogen-bond donors (Lipinski definition) is 0. The molecule has 0 saturated carbocycles. The summed E-state index contributed by atoms with van der Waals surface area (Å²) >= 11 is 3.47. The average Bonchev–Trinajstić information content (AvgIpc) is 3.00. The van der Waals surface area contributed by atoms with E-state index in [0.29, 0.717) is 12.6 Å². The van der Waals surface area contributed by atoms with Crippen molar-refractivity contribution in [2.45, 2.75) is 38.2 Å². The van der Waals surface area contributed by atoms with Crippen LogP contribution in [0.25, 0.3) is 0 Å². The third-order valence-electron chi connectivity index (χ3n) is 3.50. The Hall–Kier alpha value is -1.49. The zero-order valence-corrected chi connectivity index (χ0v) is 14.3. The van der Waals surface area contributed by atoms with Crippen LogP contribution in [0.3, 0.4) is 0 Å². The van der Waals surface area contributed by atoms with Crippen molar-refractivity contribution in [2.24, 2.45) is 0 Å². The number of alkyl halides is 1. The Morgan fingerprint density at radius 2 is 2.14 bits per heavy atom. The van der Waals surface area contributed by atoms with E-state index in [9.17, 15) is 0 Å². The fraction of sp³-hybridized carbons (Fsp3) is 0.438. The molecule has 0 aliphatic carbocycles. The number of benzene rings is 1. The highest BCUT2D eigenvalue weighted by Crippen LogP contribution is 2.27. The maximum Gasteiger partial charge on any atom is 0.132 e. The maximum atomic E-state index is 5.90. The van der Waals surface area contributed by atoms with Gasteiger partial charge in [0.1, 0.15) is 18.1 Å². The summed E-state index contributed by atoms with van der Waals surface area (Å²) in [7, 11) is 1.65. The van der Waals surface area contributed by atoms with Crippen LogP contribution < -0.4 is 9.47 Å². The summed E-state index contributed by atoms with van der Waals surface area (Å²) in [5.74, 6) is 1.61. The highest BCUT2D eigenvalue weighted by molar-refractivity contribution is 9.08. The van der Waals surface area contributed by atoms with E-state index in [1.165, 1.54) is 0 Å². The molecule has 1 aromatic heterocycles. The Kier molecular flexibility index (Phi) is 5.67. The first-order valence-electron chi connectivity index (χ1n) is 7.07. The minimum Gasteiger partial charge on any atom is -0.497 e. The van der Waals surface area contributed by atoms with Crippen LogP contribution >= 0.6 is 15.9 Å². The Balaban J connectivity index is 2.07. The Morgan fingerprint density at radius 1 is 1.33 bits per heavy atom. The van der Waals surface area contributed by atoms with Crippen molar-refractivity contribution < 1.29 is 9.47 Å². The molecule has 0 saturated heterocycles. The van der Waals surface area contributed by atoms with Gasteiger partial charge in [-0.25, -0.2) is 0 Å². The van der Waals surface area contributed by atoms with Gasteiger partial charge in [-0.2, -0.15) is 5.10 Å². The van der Waals surface area contributed by atoms with Crippen molar-refractivity contribution in [1.82, 2.24) is 9.78 Å². The molecule has 5 heteroatoms. The Morgan fingerprint density at radius 3 is 2.81 bits per heavy atom. The lowest BCUT2D eigenvalue weighted by Crippen LogP contribution is -2.06.